The second kappa shape index (κ2) is 5.46. The van der Waals surface area contributed by atoms with Crippen LogP contribution in [0, 0.1) is 0 Å². The molecule has 0 radical (unpaired) electrons. The van der Waals surface area contributed by atoms with Crippen LogP contribution in [0.4, 0.5) is 5.82 Å². The maximum absolute atomic E-state index is 11.2. The molecule has 0 saturated heterocycles. The number of carboxylic acids is 1. The van der Waals surface area contributed by atoms with Crippen LogP contribution in [0.25, 0.3) is 10.8 Å². The summed E-state index contributed by atoms with van der Waals surface area (Å²) in [7, 11) is 1.63. The van der Waals surface area contributed by atoms with Crippen LogP contribution >= 0.6 is 0 Å². The Balaban J connectivity index is 2.52. The van der Waals surface area contributed by atoms with E-state index in [1.807, 2.05) is 38.1 Å². The Kier molecular flexibility index (Phi) is 3.90. The van der Waals surface area contributed by atoms with Gasteiger partial charge >= 0.3 is 5.97 Å². The maximum atomic E-state index is 11.2. The Hall–Kier alpha value is -2.14. The van der Waals surface area contributed by atoms with Crippen molar-refractivity contribution in [2.45, 2.75) is 19.4 Å². The molecule has 0 spiro atoms. The summed E-state index contributed by atoms with van der Waals surface area (Å²) < 4.78 is 5.16. The Morgan fingerprint density at radius 1 is 1.40 bits per heavy atom. The number of carbonyl (C=O) groups is 1. The van der Waals surface area contributed by atoms with Crippen LogP contribution in [0.5, 0.6) is 0 Å². The van der Waals surface area contributed by atoms with Crippen molar-refractivity contribution in [3.63, 3.8) is 0 Å². The van der Waals surface area contributed by atoms with E-state index < -0.39 is 5.97 Å². The second-order valence-corrected chi connectivity index (χ2v) is 5.32. The van der Waals surface area contributed by atoms with Crippen LogP contribution in [-0.4, -0.2) is 35.3 Å². The van der Waals surface area contributed by atoms with E-state index in [-0.39, 0.29) is 11.2 Å². The molecule has 0 fully saturated rings. The zero-order valence-corrected chi connectivity index (χ0v) is 11.8. The van der Waals surface area contributed by atoms with Gasteiger partial charge in [0.25, 0.3) is 0 Å². The summed E-state index contributed by atoms with van der Waals surface area (Å²) in [6, 6.07) is 9.14. The first-order chi connectivity index (χ1) is 9.43. The number of pyridine rings is 1. The van der Waals surface area contributed by atoms with Crippen molar-refractivity contribution in [2.24, 2.45) is 0 Å². The lowest BCUT2D eigenvalue weighted by molar-refractivity contribution is 0.0691. The quantitative estimate of drug-likeness (QED) is 0.877. The Morgan fingerprint density at radius 2 is 2.10 bits per heavy atom. The van der Waals surface area contributed by atoms with Crippen LogP contribution in [0.3, 0.4) is 0 Å². The molecule has 0 amide bonds. The minimum absolute atomic E-state index is 0.0272. The number of hydrogen-bond acceptors (Lipinski definition) is 4. The molecule has 20 heavy (non-hydrogen) atoms. The maximum Gasteiger partial charge on any atom is 0.354 e. The van der Waals surface area contributed by atoms with E-state index in [1.54, 1.807) is 13.2 Å². The summed E-state index contributed by atoms with van der Waals surface area (Å²) in [5.41, 5.74) is -0.318. The topological polar surface area (TPSA) is 71.5 Å². The molecule has 106 valence electrons. The first-order valence-corrected chi connectivity index (χ1v) is 6.33. The molecule has 2 aromatic rings. The molecule has 1 heterocycles. The lowest BCUT2D eigenvalue weighted by Crippen LogP contribution is -2.36. The van der Waals surface area contributed by atoms with Crippen LogP contribution in [0.15, 0.2) is 30.3 Å². The van der Waals surface area contributed by atoms with E-state index in [1.165, 1.54) is 0 Å². The summed E-state index contributed by atoms with van der Waals surface area (Å²) >= 11 is 0. The summed E-state index contributed by atoms with van der Waals surface area (Å²) in [4.78, 5) is 15.4. The number of aromatic carboxylic acids is 1. The molecular weight excluding hydrogens is 256 g/mol. The first kappa shape index (κ1) is 14.3. The van der Waals surface area contributed by atoms with Gasteiger partial charge in [-0.05, 0) is 25.3 Å². The van der Waals surface area contributed by atoms with Crippen molar-refractivity contribution in [2.75, 3.05) is 19.0 Å². The molecular formula is C15H18N2O3. The fourth-order valence-corrected chi connectivity index (χ4v) is 2.12. The van der Waals surface area contributed by atoms with Crippen LogP contribution < -0.4 is 5.32 Å². The molecule has 2 rings (SSSR count). The van der Waals surface area contributed by atoms with Crippen molar-refractivity contribution in [1.82, 2.24) is 4.98 Å². The predicted molar refractivity (Wildman–Crippen MR) is 78.3 cm³/mol. The molecule has 0 aliphatic carbocycles. The van der Waals surface area contributed by atoms with Gasteiger partial charge in [-0.3, -0.25) is 0 Å². The van der Waals surface area contributed by atoms with Gasteiger partial charge in [-0.25, -0.2) is 9.78 Å². The molecule has 0 saturated carbocycles. The molecule has 0 atom stereocenters. The third kappa shape index (κ3) is 3.05. The monoisotopic (exact) mass is 274 g/mol. The lowest BCUT2D eigenvalue weighted by atomic mass is 10.1. The number of nitrogens with zero attached hydrogens (tertiary/aromatic N) is 1. The Bertz CT molecular complexity index is 638. The summed E-state index contributed by atoms with van der Waals surface area (Å²) in [6.07, 6.45) is 0. The van der Waals surface area contributed by atoms with Gasteiger partial charge in [-0.1, -0.05) is 24.3 Å². The Labute approximate surface area is 117 Å². The molecule has 1 aromatic carbocycles. The molecule has 0 aliphatic heterocycles. The van der Waals surface area contributed by atoms with Crippen LogP contribution in [0.2, 0.25) is 0 Å². The Morgan fingerprint density at radius 3 is 2.75 bits per heavy atom. The van der Waals surface area contributed by atoms with Crippen LogP contribution in [0.1, 0.15) is 24.3 Å². The minimum atomic E-state index is -1.04. The molecule has 0 unspecified atom stereocenters. The number of aromatic nitrogens is 1. The largest absolute Gasteiger partial charge is 0.477 e. The van der Waals surface area contributed by atoms with E-state index in [9.17, 15) is 4.79 Å². The third-order valence-electron chi connectivity index (χ3n) is 2.92. The van der Waals surface area contributed by atoms with Crippen LogP contribution in [-0.2, 0) is 4.74 Å². The fourth-order valence-electron chi connectivity index (χ4n) is 2.12. The van der Waals surface area contributed by atoms with Crippen molar-refractivity contribution in [3.05, 3.63) is 36.0 Å². The number of anilines is 1. The van der Waals surface area contributed by atoms with Crippen molar-refractivity contribution >= 4 is 22.6 Å². The molecule has 2 N–H and O–H groups in total. The number of carboxylic acid groups (broad SMARTS) is 1. The van der Waals surface area contributed by atoms with Gasteiger partial charge < -0.3 is 15.2 Å². The van der Waals surface area contributed by atoms with Gasteiger partial charge in [0.1, 0.15) is 5.82 Å². The van der Waals surface area contributed by atoms with Gasteiger partial charge in [-0.2, -0.15) is 0 Å². The van der Waals surface area contributed by atoms with Gasteiger partial charge in [0.15, 0.2) is 5.69 Å². The third-order valence-corrected chi connectivity index (χ3v) is 2.92. The highest BCUT2D eigenvalue weighted by Gasteiger charge is 2.20. The summed E-state index contributed by atoms with van der Waals surface area (Å²) in [6.45, 7) is 4.43. The van der Waals surface area contributed by atoms with E-state index in [0.29, 0.717) is 12.4 Å². The van der Waals surface area contributed by atoms with Gasteiger partial charge in [0.2, 0.25) is 0 Å². The van der Waals surface area contributed by atoms with E-state index in [4.69, 9.17) is 9.84 Å². The SMILES string of the molecule is COCC(C)(C)Nc1nc(C(=O)O)cc2ccccc12. The number of fused-ring (bicyclic) bond motifs is 1. The second-order valence-electron chi connectivity index (χ2n) is 5.32. The number of ether oxygens (including phenoxy) is 1. The zero-order chi connectivity index (χ0) is 14.8. The van der Waals surface area contributed by atoms with Crippen molar-refractivity contribution in [3.8, 4) is 0 Å². The predicted octanol–water partition coefficient (Wildman–Crippen LogP) is 2.77. The van der Waals surface area contributed by atoms with E-state index in [2.05, 4.69) is 10.3 Å². The normalized spacial score (nSPS) is 11.6. The summed E-state index contributed by atoms with van der Waals surface area (Å²) in [5.74, 6) is -0.481. The zero-order valence-electron chi connectivity index (χ0n) is 11.8. The average Bonchev–Trinajstić information content (AvgIpc) is 2.37. The molecule has 0 bridgehead atoms. The van der Waals surface area contributed by atoms with Crippen molar-refractivity contribution in [1.29, 1.82) is 0 Å². The number of nitrogens with one attached hydrogen (secondary N) is 1. The highest BCUT2D eigenvalue weighted by molar-refractivity contribution is 5.97. The van der Waals surface area contributed by atoms with E-state index in [0.717, 1.165) is 10.8 Å². The van der Waals surface area contributed by atoms with Gasteiger partial charge in [-0.15, -0.1) is 0 Å². The molecule has 0 aliphatic rings. The summed E-state index contributed by atoms with van der Waals surface area (Å²) in [5, 5.41) is 14.1. The lowest BCUT2D eigenvalue weighted by Gasteiger charge is -2.26. The average molecular weight is 274 g/mol. The smallest absolute Gasteiger partial charge is 0.354 e. The number of methoxy groups -OCH3 is 1. The minimum Gasteiger partial charge on any atom is -0.477 e. The highest BCUT2D eigenvalue weighted by atomic mass is 16.5. The van der Waals surface area contributed by atoms with Gasteiger partial charge in [0, 0.05) is 12.5 Å². The van der Waals surface area contributed by atoms with Gasteiger partial charge in [0.05, 0.1) is 12.1 Å². The number of rotatable bonds is 5. The number of benzene rings is 1. The van der Waals surface area contributed by atoms with E-state index >= 15 is 0 Å². The highest BCUT2D eigenvalue weighted by Crippen LogP contribution is 2.25. The first-order valence-electron chi connectivity index (χ1n) is 6.33. The molecule has 5 nitrogen and oxygen atoms in total. The molecule has 1 aromatic heterocycles. The van der Waals surface area contributed by atoms with Crippen molar-refractivity contribution < 1.29 is 14.6 Å². The number of hydrogen-bond donors (Lipinski definition) is 2. The standard InChI is InChI=1S/C15H18N2O3/c1-15(2,9-20-3)17-13-11-7-5-4-6-10(11)8-12(16-13)14(18)19/h4-8H,9H2,1-3H3,(H,16,17)(H,18,19). The fraction of sp³-hybridized carbons (Fsp3) is 0.333. The molecule has 5 heteroatoms.